The number of ether oxygens (including phenoxy) is 2. The molecule has 0 bridgehead atoms. The van der Waals surface area contributed by atoms with E-state index >= 15 is 0 Å². The lowest BCUT2D eigenvalue weighted by Gasteiger charge is -2.11. The number of benzene rings is 1. The summed E-state index contributed by atoms with van der Waals surface area (Å²) in [5.41, 5.74) is 1.96. The van der Waals surface area contributed by atoms with Gasteiger partial charge in [0.15, 0.2) is 0 Å². The fraction of sp³-hybridized carbons (Fsp3) is 0.357. The second kappa shape index (κ2) is 5.75. The normalized spacial score (nSPS) is 13.2. The lowest BCUT2D eigenvalue weighted by molar-refractivity contribution is -0.162. The van der Waals surface area contributed by atoms with Crippen LogP contribution in [0.15, 0.2) is 18.2 Å². The van der Waals surface area contributed by atoms with Gasteiger partial charge in [0.05, 0.1) is 20.8 Å². The molecule has 0 atom stereocenters. The highest BCUT2D eigenvalue weighted by molar-refractivity contribution is 5.91. The number of nitrogens with zero attached hydrogens (tertiary/aromatic N) is 1. The van der Waals surface area contributed by atoms with Gasteiger partial charge >= 0.3 is 0 Å². The topological polar surface area (TPSA) is 48.0 Å². The summed E-state index contributed by atoms with van der Waals surface area (Å²) >= 11 is 0. The van der Waals surface area contributed by atoms with Crippen molar-refractivity contribution in [1.82, 2.24) is 5.06 Å². The Bertz CT molecular complexity index is 510. The van der Waals surface area contributed by atoms with E-state index in [0.717, 1.165) is 34.1 Å². The largest absolute Gasteiger partial charge is 0.496 e. The third-order valence-electron chi connectivity index (χ3n) is 3.08. The molecule has 1 aliphatic heterocycles. The minimum Gasteiger partial charge on any atom is -0.496 e. The average Bonchev–Trinajstić information content (AvgIpc) is 2.91. The maximum Gasteiger partial charge on any atom is 0.269 e. The lowest BCUT2D eigenvalue weighted by Crippen LogP contribution is -2.22. The first-order valence-corrected chi connectivity index (χ1v) is 6.00. The molecule has 1 aromatic rings. The summed E-state index contributed by atoms with van der Waals surface area (Å²) in [4.78, 5) is 16.5. The van der Waals surface area contributed by atoms with Gasteiger partial charge in [0.1, 0.15) is 11.5 Å². The lowest BCUT2D eigenvalue weighted by atomic mass is 10.0. The molecule has 5 nitrogen and oxygen atoms in total. The maximum absolute atomic E-state index is 11.7. The van der Waals surface area contributed by atoms with Crippen molar-refractivity contribution >= 4 is 12.0 Å². The van der Waals surface area contributed by atoms with E-state index in [9.17, 15) is 4.79 Å². The number of hydrogen-bond donors (Lipinski definition) is 0. The molecule has 1 amide bonds. The van der Waals surface area contributed by atoms with E-state index in [1.807, 2.05) is 12.1 Å². The van der Waals surface area contributed by atoms with Crippen LogP contribution in [0.4, 0.5) is 0 Å². The van der Waals surface area contributed by atoms with Crippen LogP contribution in [-0.2, 0) is 16.1 Å². The molecule has 19 heavy (non-hydrogen) atoms. The second-order valence-corrected chi connectivity index (χ2v) is 4.11. The number of rotatable bonds is 4. The molecule has 0 N–H and O–H groups in total. The zero-order chi connectivity index (χ0) is 13.8. The molecule has 102 valence electrons. The first kappa shape index (κ1) is 13.4. The molecular weight excluding hydrogens is 246 g/mol. The smallest absolute Gasteiger partial charge is 0.269 e. The van der Waals surface area contributed by atoms with Crippen molar-refractivity contribution in [3.8, 4) is 11.5 Å². The third kappa shape index (κ3) is 2.71. The Labute approximate surface area is 112 Å². The molecular formula is C14H17NO4. The Morgan fingerprint density at radius 3 is 2.89 bits per heavy atom. The highest BCUT2D eigenvalue weighted by atomic mass is 16.7. The van der Waals surface area contributed by atoms with Gasteiger partial charge in [-0.1, -0.05) is 0 Å². The van der Waals surface area contributed by atoms with E-state index < -0.39 is 0 Å². The van der Waals surface area contributed by atoms with Crippen LogP contribution in [-0.4, -0.2) is 38.8 Å². The van der Waals surface area contributed by atoms with Crippen LogP contribution in [0.2, 0.25) is 0 Å². The molecule has 0 fully saturated rings. The van der Waals surface area contributed by atoms with Crippen molar-refractivity contribution in [2.24, 2.45) is 0 Å². The van der Waals surface area contributed by atoms with Crippen LogP contribution in [0.3, 0.4) is 0 Å². The number of hydrogen-bond acceptors (Lipinski definition) is 4. The van der Waals surface area contributed by atoms with E-state index in [0.29, 0.717) is 6.61 Å². The number of carbonyl (C=O) groups is 1. The highest BCUT2D eigenvalue weighted by Gasteiger charge is 2.18. The zero-order valence-corrected chi connectivity index (χ0v) is 11.3. The average molecular weight is 263 g/mol. The predicted octanol–water partition coefficient (Wildman–Crippen LogP) is 1.66. The van der Waals surface area contributed by atoms with Gasteiger partial charge in [-0.3, -0.25) is 9.63 Å². The monoisotopic (exact) mass is 263 g/mol. The number of methoxy groups -OCH3 is 1. The molecule has 0 saturated carbocycles. The van der Waals surface area contributed by atoms with Gasteiger partial charge in [-0.2, -0.15) is 0 Å². The third-order valence-corrected chi connectivity index (χ3v) is 3.08. The van der Waals surface area contributed by atoms with E-state index in [-0.39, 0.29) is 5.91 Å². The quantitative estimate of drug-likeness (QED) is 0.612. The van der Waals surface area contributed by atoms with Crippen LogP contribution >= 0.6 is 0 Å². The molecule has 0 aliphatic carbocycles. The molecule has 1 aliphatic rings. The number of hydroxylamine groups is 2. The summed E-state index contributed by atoms with van der Waals surface area (Å²) in [7, 11) is 4.61. The second-order valence-electron chi connectivity index (χ2n) is 4.11. The van der Waals surface area contributed by atoms with Gasteiger partial charge in [0.25, 0.3) is 5.91 Å². The van der Waals surface area contributed by atoms with E-state index in [1.54, 1.807) is 20.2 Å². The number of likely N-dealkylation sites (N-methyl/N-ethyl adjacent to an activating group) is 1. The molecule has 1 heterocycles. The summed E-state index contributed by atoms with van der Waals surface area (Å²) in [6, 6.07) is 3.73. The van der Waals surface area contributed by atoms with Crippen LogP contribution in [0, 0.1) is 0 Å². The molecule has 5 heteroatoms. The first-order chi connectivity index (χ1) is 9.17. The molecule has 0 radical (unpaired) electrons. The van der Waals surface area contributed by atoms with Gasteiger partial charge in [0.2, 0.25) is 0 Å². The minimum absolute atomic E-state index is 0.235. The van der Waals surface area contributed by atoms with Crippen LogP contribution in [0.1, 0.15) is 11.1 Å². The fourth-order valence-electron chi connectivity index (χ4n) is 1.99. The van der Waals surface area contributed by atoms with Crippen molar-refractivity contribution in [1.29, 1.82) is 0 Å². The van der Waals surface area contributed by atoms with Crippen molar-refractivity contribution in [3.63, 3.8) is 0 Å². The molecule has 0 spiro atoms. The van der Waals surface area contributed by atoms with Gasteiger partial charge in [-0.15, -0.1) is 0 Å². The highest BCUT2D eigenvalue weighted by Crippen LogP contribution is 2.35. The maximum atomic E-state index is 11.7. The Balaban J connectivity index is 2.31. The molecule has 2 rings (SSSR count). The Morgan fingerprint density at radius 1 is 1.42 bits per heavy atom. The molecule has 0 unspecified atom stereocenters. The fourth-order valence-corrected chi connectivity index (χ4v) is 1.99. The predicted molar refractivity (Wildman–Crippen MR) is 71.0 cm³/mol. The summed E-state index contributed by atoms with van der Waals surface area (Å²) in [5, 5.41) is 1.16. The Hall–Kier alpha value is -2.01. The number of carbonyl (C=O) groups excluding carboxylic acids is 1. The first-order valence-electron chi connectivity index (χ1n) is 6.00. The van der Waals surface area contributed by atoms with E-state index in [2.05, 4.69) is 0 Å². The van der Waals surface area contributed by atoms with Crippen LogP contribution < -0.4 is 9.47 Å². The van der Waals surface area contributed by atoms with Gasteiger partial charge in [-0.05, 0) is 18.2 Å². The minimum atomic E-state index is -0.235. The summed E-state index contributed by atoms with van der Waals surface area (Å²) in [5.74, 6) is 1.35. The zero-order valence-electron chi connectivity index (χ0n) is 11.3. The summed E-state index contributed by atoms with van der Waals surface area (Å²) in [6.45, 7) is 0.662. The standard InChI is InChI=1S/C14H17NO4/c1-15(18-3)14(16)7-4-10-11-8-9-19-13(11)6-5-12(10)17-2/h4-7H,8-9H2,1-3H3/b7-4+. The van der Waals surface area contributed by atoms with Gasteiger partial charge in [0, 0.05) is 30.7 Å². The van der Waals surface area contributed by atoms with E-state index in [1.165, 1.54) is 13.2 Å². The van der Waals surface area contributed by atoms with Crippen molar-refractivity contribution in [2.45, 2.75) is 6.42 Å². The van der Waals surface area contributed by atoms with Crippen LogP contribution in [0.25, 0.3) is 6.08 Å². The molecule has 1 aromatic carbocycles. The van der Waals surface area contributed by atoms with Crippen molar-refractivity contribution in [3.05, 3.63) is 29.3 Å². The number of fused-ring (bicyclic) bond motifs is 1. The summed E-state index contributed by atoms with van der Waals surface area (Å²) < 4.78 is 10.8. The van der Waals surface area contributed by atoms with Crippen molar-refractivity contribution < 1.29 is 19.1 Å². The van der Waals surface area contributed by atoms with E-state index in [4.69, 9.17) is 14.3 Å². The number of amides is 1. The van der Waals surface area contributed by atoms with Gasteiger partial charge in [-0.25, -0.2) is 5.06 Å². The Kier molecular flexibility index (Phi) is 4.06. The van der Waals surface area contributed by atoms with Gasteiger partial charge < -0.3 is 9.47 Å². The summed E-state index contributed by atoms with van der Waals surface area (Å²) in [6.07, 6.45) is 4.02. The SMILES string of the molecule is COc1ccc2c(c1/C=C/C(=O)N(C)OC)CCO2. The van der Waals surface area contributed by atoms with Crippen LogP contribution in [0.5, 0.6) is 11.5 Å². The Morgan fingerprint density at radius 2 is 2.21 bits per heavy atom. The molecule has 0 aromatic heterocycles. The van der Waals surface area contributed by atoms with Crippen molar-refractivity contribution in [2.75, 3.05) is 27.9 Å². The molecule has 0 saturated heterocycles.